The number of aliphatic hydroxyl groups excluding tert-OH is 1. The number of amides is 1. The van der Waals surface area contributed by atoms with E-state index in [0.717, 1.165) is 5.56 Å². The molecule has 0 aromatic heterocycles. The van der Waals surface area contributed by atoms with Gasteiger partial charge in [-0.3, -0.25) is 4.79 Å². The van der Waals surface area contributed by atoms with Gasteiger partial charge in [0.2, 0.25) is 5.90 Å². The van der Waals surface area contributed by atoms with Crippen molar-refractivity contribution in [3.8, 4) is 5.75 Å². The van der Waals surface area contributed by atoms with Crippen molar-refractivity contribution in [2.24, 2.45) is 4.99 Å². The lowest BCUT2D eigenvalue weighted by atomic mass is 9.84. The second kappa shape index (κ2) is 12.3. The summed E-state index contributed by atoms with van der Waals surface area (Å²) in [5.41, 5.74) is 0.787. The first-order valence-electron chi connectivity index (χ1n) is 12.4. The molecule has 1 aliphatic heterocycles. The molecule has 0 radical (unpaired) electrons. The summed E-state index contributed by atoms with van der Waals surface area (Å²) in [6.45, 7) is 4.61. The van der Waals surface area contributed by atoms with Gasteiger partial charge in [-0.1, -0.05) is 54.6 Å². The summed E-state index contributed by atoms with van der Waals surface area (Å²) in [6.07, 6.45) is 2.15. The molecule has 6 nitrogen and oxygen atoms in total. The van der Waals surface area contributed by atoms with Gasteiger partial charge >= 0.3 is 0 Å². The molecule has 0 unspecified atom stereocenters. The van der Waals surface area contributed by atoms with Gasteiger partial charge in [-0.15, -0.1) is 6.58 Å². The standard InChI is InChI=1S/C30H31FN2O4/c1-2-18-30(29(35)32-19-17-22-9-6-7-12-26(22)31)27(23-10-4-3-5-11-23)37-28(33-30)24-13-15-25(16-14-24)36-21-8-20-34/h2-7,9-16,27,34H,1,8,17-21H2,(H,32,35)/t27-,30-/m1/s1. The van der Waals surface area contributed by atoms with Crippen molar-refractivity contribution in [3.05, 3.63) is 114 Å². The van der Waals surface area contributed by atoms with Gasteiger partial charge in [0.05, 0.1) is 6.61 Å². The average Bonchev–Trinajstić information content (AvgIpc) is 3.31. The van der Waals surface area contributed by atoms with Gasteiger partial charge in [0.1, 0.15) is 11.6 Å². The number of carbonyl (C=O) groups excluding carboxylic acids is 1. The Hall–Kier alpha value is -3.97. The van der Waals surface area contributed by atoms with Crippen LogP contribution >= 0.6 is 0 Å². The van der Waals surface area contributed by atoms with Crippen molar-refractivity contribution < 1.29 is 23.8 Å². The van der Waals surface area contributed by atoms with Crippen LogP contribution in [0.3, 0.4) is 0 Å². The van der Waals surface area contributed by atoms with Crippen molar-refractivity contribution in [1.82, 2.24) is 5.32 Å². The molecular formula is C30H31FN2O4. The monoisotopic (exact) mass is 502 g/mol. The maximum absolute atomic E-state index is 14.1. The van der Waals surface area contributed by atoms with Gasteiger partial charge in [0, 0.05) is 31.6 Å². The van der Waals surface area contributed by atoms with Gasteiger partial charge in [0.25, 0.3) is 5.91 Å². The maximum atomic E-state index is 14.1. The van der Waals surface area contributed by atoms with Crippen molar-refractivity contribution in [1.29, 1.82) is 0 Å². The molecule has 2 atom stereocenters. The lowest BCUT2D eigenvalue weighted by molar-refractivity contribution is -0.128. The van der Waals surface area contributed by atoms with E-state index >= 15 is 0 Å². The second-order valence-corrected chi connectivity index (χ2v) is 8.79. The minimum Gasteiger partial charge on any atom is -0.494 e. The molecule has 1 amide bonds. The highest BCUT2D eigenvalue weighted by Crippen LogP contribution is 2.42. The highest BCUT2D eigenvalue weighted by Gasteiger charge is 2.52. The van der Waals surface area contributed by atoms with Crippen LogP contribution in [0.2, 0.25) is 0 Å². The molecule has 3 aromatic rings. The zero-order valence-electron chi connectivity index (χ0n) is 20.6. The van der Waals surface area contributed by atoms with Crippen LogP contribution in [0.4, 0.5) is 4.39 Å². The summed E-state index contributed by atoms with van der Waals surface area (Å²) in [4.78, 5) is 18.6. The molecule has 192 valence electrons. The Labute approximate surface area is 216 Å². The Kier molecular flexibility index (Phi) is 8.69. The van der Waals surface area contributed by atoms with Crippen LogP contribution in [0.5, 0.6) is 5.75 Å². The second-order valence-electron chi connectivity index (χ2n) is 8.79. The Bertz CT molecular complexity index is 1230. The number of aliphatic imine (C=N–C) groups is 1. The van der Waals surface area contributed by atoms with E-state index < -0.39 is 11.6 Å². The number of rotatable bonds is 12. The molecular weight excluding hydrogens is 471 g/mol. The Morgan fingerprint density at radius 1 is 1.11 bits per heavy atom. The number of nitrogens with zero attached hydrogens (tertiary/aromatic N) is 1. The fourth-order valence-electron chi connectivity index (χ4n) is 4.33. The van der Waals surface area contributed by atoms with E-state index in [2.05, 4.69) is 11.9 Å². The smallest absolute Gasteiger partial charge is 0.252 e. The molecule has 0 saturated heterocycles. The number of nitrogens with one attached hydrogen (secondary N) is 1. The highest BCUT2D eigenvalue weighted by atomic mass is 19.1. The first-order chi connectivity index (χ1) is 18.1. The first kappa shape index (κ1) is 26.1. The molecule has 7 heteroatoms. The van der Waals surface area contributed by atoms with Gasteiger partial charge < -0.3 is 19.9 Å². The largest absolute Gasteiger partial charge is 0.494 e. The topological polar surface area (TPSA) is 80.2 Å². The van der Waals surface area contributed by atoms with Gasteiger partial charge in [-0.25, -0.2) is 9.38 Å². The molecule has 4 rings (SSSR count). The van der Waals surface area contributed by atoms with E-state index in [0.29, 0.717) is 42.2 Å². The number of aliphatic hydroxyl groups is 1. The van der Waals surface area contributed by atoms with Crippen LogP contribution in [0, 0.1) is 5.82 Å². The molecule has 1 heterocycles. The Morgan fingerprint density at radius 3 is 2.54 bits per heavy atom. The van der Waals surface area contributed by atoms with Gasteiger partial charge in [-0.05, 0) is 47.9 Å². The minimum absolute atomic E-state index is 0.0668. The van der Waals surface area contributed by atoms with Crippen molar-refractivity contribution in [3.63, 3.8) is 0 Å². The van der Waals surface area contributed by atoms with Gasteiger partial charge in [-0.2, -0.15) is 0 Å². The summed E-state index contributed by atoms with van der Waals surface area (Å²) in [5, 5.41) is 11.9. The Balaban J connectivity index is 1.60. The maximum Gasteiger partial charge on any atom is 0.252 e. The molecule has 0 bridgehead atoms. The number of benzene rings is 3. The molecule has 0 saturated carbocycles. The highest BCUT2D eigenvalue weighted by molar-refractivity contribution is 6.01. The van der Waals surface area contributed by atoms with Crippen molar-refractivity contribution in [2.75, 3.05) is 19.8 Å². The first-order valence-corrected chi connectivity index (χ1v) is 12.4. The van der Waals surface area contributed by atoms with Crippen molar-refractivity contribution >= 4 is 11.8 Å². The van der Waals surface area contributed by atoms with Crippen LogP contribution < -0.4 is 10.1 Å². The summed E-state index contributed by atoms with van der Waals surface area (Å²) in [7, 11) is 0. The fourth-order valence-corrected chi connectivity index (χ4v) is 4.33. The number of hydrogen-bond donors (Lipinski definition) is 2. The van der Waals surface area contributed by atoms with Crippen LogP contribution in [-0.4, -0.2) is 42.2 Å². The Morgan fingerprint density at radius 2 is 1.84 bits per heavy atom. The fraction of sp³-hybridized carbons (Fsp3) is 0.267. The third-order valence-electron chi connectivity index (χ3n) is 6.23. The predicted octanol–water partition coefficient (Wildman–Crippen LogP) is 4.78. The van der Waals surface area contributed by atoms with Crippen LogP contribution in [-0.2, 0) is 16.0 Å². The lowest BCUT2D eigenvalue weighted by Crippen LogP contribution is -2.48. The summed E-state index contributed by atoms with van der Waals surface area (Å²) < 4.78 is 26.0. The van der Waals surface area contributed by atoms with Gasteiger partial charge in [0.15, 0.2) is 11.6 Å². The molecule has 1 aliphatic rings. The molecule has 0 fully saturated rings. The van der Waals surface area contributed by atoms with Crippen molar-refractivity contribution in [2.45, 2.75) is 30.9 Å². The van der Waals surface area contributed by atoms with E-state index in [9.17, 15) is 9.18 Å². The van der Waals surface area contributed by atoms with Crippen LogP contribution in [0.1, 0.15) is 35.6 Å². The van der Waals surface area contributed by atoms with E-state index in [1.807, 2.05) is 42.5 Å². The third-order valence-corrected chi connectivity index (χ3v) is 6.23. The molecule has 37 heavy (non-hydrogen) atoms. The van der Waals surface area contributed by atoms with Crippen LogP contribution in [0.15, 0.2) is 96.5 Å². The molecule has 3 aromatic carbocycles. The number of ether oxygens (including phenoxy) is 2. The normalized spacial score (nSPS) is 18.5. The molecule has 2 N–H and O–H groups in total. The summed E-state index contributed by atoms with van der Waals surface area (Å²) in [5.74, 6) is 0.407. The van der Waals surface area contributed by atoms with Crippen LogP contribution in [0.25, 0.3) is 0 Å². The van der Waals surface area contributed by atoms with E-state index in [1.165, 1.54) is 6.07 Å². The number of halogens is 1. The number of carbonyl (C=O) groups is 1. The quantitative estimate of drug-likeness (QED) is 0.276. The SMILES string of the molecule is C=CC[C@@]1(C(=O)NCCc2ccccc2F)N=C(c2ccc(OCCCO)cc2)O[C@@H]1c1ccccc1. The number of hydrogen-bond acceptors (Lipinski definition) is 5. The van der Waals surface area contributed by atoms with E-state index in [-0.39, 0.29) is 31.3 Å². The summed E-state index contributed by atoms with van der Waals surface area (Å²) in [6, 6.07) is 23.3. The lowest BCUT2D eigenvalue weighted by Gasteiger charge is -2.29. The third kappa shape index (κ3) is 6.06. The predicted molar refractivity (Wildman–Crippen MR) is 141 cm³/mol. The molecule has 0 aliphatic carbocycles. The molecule has 0 spiro atoms. The van der Waals surface area contributed by atoms with E-state index in [1.54, 1.807) is 36.4 Å². The van der Waals surface area contributed by atoms with E-state index in [4.69, 9.17) is 19.6 Å². The average molecular weight is 503 g/mol. The minimum atomic E-state index is -1.27. The zero-order valence-corrected chi connectivity index (χ0v) is 20.6. The summed E-state index contributed by atoms with van der Waals surface area (Å²) >= 11 is 0. The zero-order chi connectivity index (χ0) is 26.1.